The van der Waals surface area contributed by atoms with E-state index in [2.05, 4.69) is 10.4 Å². The number of amides is 1. The third-order valence-electron chi connectivity index (χ3n) is 2.73. The molecule has 1 amide bonds. The highest BCUT2D eigenvalue weighted by atomic mass is 35.5. The van der Waals surface area contributed by atoms with Crippen molar-refractivity contribution in [3.8, 4) is 0 Å². The second-order valence-corrected chi connectivity index (χ2v) is 4.56. The molecule has 1 aromatic carbocycles. The lowest BCUT2D eigenvalue weighted by molar-refractivity contribution is 0.0941. The molecule has 2 rings (SSSR count). The minimum atomic E-state index is -0.308. The van der Waals surface area contributed by atoms with Gasteiger partial charge in [-0.05, 0) is 24.6 Å². The van der Waals surface area contributed by atoms with Gasteiger partial charge in [0.25, 0.3) is 5.91 Å². The fraction of sp³-hybridized carbons (Fsp3) is 0.231. The topological polar surface area (TPSA) is 46.9 Å². The van der Waals surface area contributed by atoms with Gasteiger partial charge in [-0.15, -0.1) is 0 Å². The maximum atomic E-state index is 12.7. The van der Waals surface area contributed by atoms with Crippen LogP contribution in [0.5, 0.6) is 0 Å². The number of carbonyl (C=O) groups is 1. The van der Waals surface area contributed by atoms with Gasteiger partial charge in [0.2, 0.25) is 0 Å². The molecular weight excluding hydrogens is 269 g/mol. The normalized spacial score (nSPS) is 10.5. The molecule has 0 saturated heterocycles. The zero-order valence-electron chi connectivity index (χ0n) is 10.6. The van der Waals surface area contributed by atoms with Crippen LogP contribution in [0.1, 0.15) is 21.7 Å². The van der Waals surface area contributed by atoms with Crippen LogP contribution in [0.2, 0.25) is 5.02 Å². The average Bonchev–Trinajstić information content (AvgIpc) is 2.62. The minimum absolute atomic E-state index is 0.305. The molecule has 1 N–H and O–H groups in total. The molecule has 0 radical (unpaired) electrons. The van der Waals surface area contributed by atoms with Gasteiger partial charge >= 0.3 is 0 Å². The number of carbonyl (C=O) groups excluding carboxylic acids is 1. The average molecular weight is 282 g/mol. The molecule has 0 fully saturated rings. The van der Waals surface area contributed by atoms with Crippen molar-refractivity contribution in [1.82, 2.24) is 15.1 Å². The first kappa shape index (κ1) is 13.5. The predicted molar refractivity (Wildman–Crippen MR) is 70.5 cm³/mol. The second-order valence-electron chi connectivity index (χ2n) is 4.18. The summed E-state index contributed by atoms with van der Waals surface area (Å²) in [6, 6.07) is 5.93. The Morgan fingerprint density at radius 3 is 2.58 bits per heavy atom. The van der Waals surface area contributed by atoms with Gasteiger partial charge in [-0.1, -0.05) is 23.7 Å². The molecule has 0 bridgehead atoms. The first-order valence-electron chi connectivity index (χ1n) is 5.70. The van der Waals surface area contributed by atoms with E-state index >= 15 is 0 Å². The highest BCUT2D eigenvalue weighted by molar-refractivity contribution is 6.34. The quantitative estimate of drug-likeness (QED) is 0.939. The Labute approximate surface area is 115 Å². The summed E-state index contributed by atoms with van der Waals surface area (Å²) in [6.07, 6.45) is 0. The molecule has 19 heavy (non-hydrogen) atoms. The molecule has 0 aliphatic heterocycles. The van der Waals surface area contributed by atoms with Crippen LogP contribution in [0.4, 0.5) is 4.39 Å². The van der Waals surface area contributed by atoms with Crippen LogP contribution >= 0.6 is 11.6 Å². The largest absolute Gasteiger partial charge is 0.347 e. The monoisotopic (exact) mass is 281 g/mol. The Morgan fingerprint density at radius 2 is 2.05 bits per heavy atom. The molecule has 0 aliphatic carbocycles. The van der Waals surface area contributed by atoms with E-state index in [9.17, 15) is 9.18 Å². The fourth-order valence-electron chi connectivity index (χ4n) is 1.75. The summed E-state index contributed by atoms with van der Waals surface area (Å²) in [5.74, 6) is -0.613. The lowest BCUT2D eigenvalue weighted by Crippen LogP contribution is -2.25. The van der Waals surface area contributed by atoms with Crippen molar-refractivity contribution < 1.29 is 9.18 Å². The standard InChI is InChI=1S/C13H13ClFN3O/c1-8-11(14)12(18(2)17-8)13(19)16-7-9-3-5-10(15)6-4-9/h3-6H,7H2,1-2H3,(H,16,19). The van der Waals surface area contributed by atoms with Crippen molar-refractivity contribution in [3.05, 3.63) is 52.1 Å². The Balaban J connectivity index is 2.07. The van der Waals surface area contributed by atoms with Gasteiger partial charge in [-0.25, -0.2) is 4.39 Å². The van der Waals surface area contributed by atoms with Crippen molar-refractivity contribution in [2.75, 3.05) is 0 Å². The van der Waals surface area contributed by atoms with Crippen LogP contribution in [0, 0.1) is 12.7 Å². The SMILES string of the molecule is Cc1nn(C)c(C(=O)NCc2ccc(F)cc2)c1Cl. The first-order valence-corrected chi connectivity index (χ1v) is 6.08. The number of halogens is 2. The Hall–Kier alpha value is -1.88. The van der Waals surface area contributed by atoms with E-state index in [0.29, 0.717) is 23.0 Å². The molecule has 0 spiro atoms. The van der Waals surface area contributed by atoms with E-state index in [1.54, 1.807) is 26.1 Å². The highest BCUT2D eigenvalue weighted by Crippen LogP contribution is 2.19. The van der Waals surface area contributed by atoms with Gasteiger partial charge in [0.05, 0.1) is 10.7 Å². The summed E-state index contributed by atoms with van der Waals surface area (Å²) < 4.78 is 14.2. The molecule has 0 unspecified atom stereocenters. The Bertz CT molecular complexity index is 607. The van der Waals surface area contributed by atoms with E-state index < -0.39 is 0 Å². The third-order valence-corrected chi connectivity index (χ3v) is 3.18. The van der Waals surface area contributed by atoms with Crippen molar-refractivity contribution in [2.24, 2.45) is 7.05 Å². The number of nitrogens with one attached hydrogen (secondary N) is 1. The summed E-state index contributed by atoms with van der Waals surface area (Å²) in [5.41, 5.74) is 1.74. The van der Waals surface area contributed by atoms with Gasteiger partial charge in [0.15, 0.2) is 0 Å². The number of aromatic nitrogens is 2. The van der Waals surface area contributed by atoms with Gasteiger partial charge in [-0.3, -0.25) is 9.48 Å². The maximum absolute atomic E-state index is 12.7. The molecule has 4 nitrogen and oxygen atoms in total. The Morgan fingerprint density at radius 1 is 1.42 bits per heavy atom. The van der Waals surface area contributed by atoms with Crippen molar-refractivity contribution in [2.45, 2.75) is 13.5 Å². The molecule has 0 saturated carbocycles. The van der Waals surface area contributed by atoms with Crippen molar-refractivity contribution >= 4 is 17.5 Å². The summed E-state index contributed by atoms with van der Waals surface area (Å²) in [5, 5.41) is 7.14. The van der Waals surface area contributed by atoms with E-state index in [1.807, 2.05) is 0 Å². The Kier molecular flexibility index (Phi) is 3.85. The van der Waals surface area contributed by atoms with Crippen LogP contribution in [0.15, 0.2) is 24.3 Å². The zero-order chi connectivity index (χ0) is 14.0. The van der Waals surface area contributed by atoms with Crippen LogP contribution in [-0.4, -0.2) is 15.7 Å². The van der Waals surface area contributed by atoms with E-state index in [-0.39, 0.29) is 11.7 Å². The van der Waals surface area contributed by atoms with Crippen LogP contribution < -0.4 is 5.32 Å². The van der Waals surface area contributed by atoms with Crippen molar-refractivity contribution in [1.29, 1.82) is 0 Å². The van der Waals surface area contributed by atoms with Crippen LogP contribution in [0.3, 0.4) is 0 Å². The van der Waals surface area contributed by atoms with Gasteiger partial charge in [0.1, 0.15) is 11.5 Å². The van der Waals surface area contributed by atoms with Crippen LogP contribution in [-0.2, 0) is 13.6 Å². The zero-order valence-corrected chi connectivity index (χ0v) is 11.3. The number of hydrogen-bond donors (Lipinski definition) is 1. The molecule has 6 heteroatoms. The molecular formula is C13H13ClFN3O. The molecule has 1 heterocycles. The lowest BCUT2D eigenvalue weighted by atomic mass is 10.2. The predicted octanol–water partition coefficient (Wildman–Crippen LogP) is 2.45. The molecule has 1 aromatic heterocycles. The fourth-order valence-corrected chi connectivity index (χ4v) is 1.99. The van der Waals surface area contributed by atoms with Gasteiger partial charge in [-0.2, -0.15) is 5.10 Å². The van der Waals surface area contributed by atoms with Gasteiger partial charge < -0.3 is 5.32 Å². The smallest absolute Gasteiger partial charge is 0.271 e. The number of benzene rings is 1. The number of nitrogens with zero attached hydrogens (tertiary/aromatic N) is 2. The number of hydrogen-bond acceptors (Lipinski definition) is 2. The van der Waals surface area contributed by atoms with Gasteiger partial charge in [0, 0.05) is 13.6 Å². The molecule has 0 atom stereocenters. The summed E-state index contributed by atoms with van der Waals surface area (Å²) in [6.45, 7) is 2.04. The first-order chi connectivity index (χ1) is 8.99. The summed E-state index contributed by atoms with van der Waals surface area (Å²) in [4.78, 5) is 12.0. The summed E-state index contributed by atoms with van der Waals surface area (Å²) >= 11 is 6.02. The second kappa shape index (κ2) is 5.40. The van der Waals surface area contributed by atoms with E-state index in [4.69, 9.17) is 11.6 Å². The lowest BCUT2D eigenvalue weighted by Gasteiger charge is -2.06. The minimum Gasteiger partial charge on any atom is -0.347 e. The molecule has 100 valence electrons. The number of rotatable bonds is 3. The summed E-state index contributed by atoms with van der Waals surface area (Å²) in [7, 11) is 1.66. The third kappa shape index (κ3) is 2.93. The number of aryl methyl sites for hydroxylation is 2. The van der Waals surface area contributed by atoms with E-state index in [0.717, 1.165) is 5.56 Å². The molecule has 0 aliphatic rings. The highest BCUT2D eigenvalue weighted by Gasteiger charge is 2.18. The van der Waals surface area contributed by atoms with Crippen LogP contribution in [0.25, 0.3) is 0 Å². The molecule has 2 aromatic rings. The van der Waals surface area contributed by atoms with E-state index in [1.165, 1.54) is 16.8 Å². The maximum Gasteiger partial charge on any atom is 0.271 e. The van der Waals surface area contributed by atoms with Crippen molar-refractivity contribution in [3.63, 3.8) is 0 Å².